The van der Waals surface area contributed by atoms with E-state index in [0.717, 1.165) is 22.4 Å². The highest BCUT2D eigenvalue weighted by Crippen LogP contribution is 2.38. The van der Waals surface area contributed by atoms with Crippen molar-refractivity contribution in [1.82, 2.24) is 0 Å². The molecule has 0 fully saturated rings. The number of hydrazone groups is 1. The van der Waals surface area contributed by atoms with Crippen LogP contribution < -0.4 is 5.84 Å². The van der Waals surface area contributed by atoms with Crippen molar-refractivity contribution in [1.29, 1.82) is 0 Å². The average Bonchev–Trinajstić information content (AvgIpc) is 2.78. The van der Waals surface area contributed by atoms with Gasteiger partial charge >= 0.3 is 5.97 Å². The third-order valence-electron chi connectivity index (χ3n) is 5.28. The van der Waals surface area contributed by atoms with E-state index in [1.807, 2.05) is 67.6 Å². The standard InChI is InChI=1S/C26H28N2O2/c1-3-30-26(29)25(22-12-8-5-9-13-22)23(20-16-14-19(2)15-17-20)18-24(28-27)21-10-6-4-7-11-21/h4-17,23,25H,3,18,27H2,1-2H3/b28-24-. The van der Waals surface area contributed by atoms with Gasteiger partial charge in [-0.25, -0.2) is 0 Å². The molecule has 3 aromatic rings. The molecule has 0 aliphatic rings. The molecule has 2 N–H and O–H groups in total. The van der Waals surface area contributed by atoms with E-state index in [4.69, 9.17) is 10.6 Å². The van der Waals surface area contributed by atoms with Gasteiger partial charge in [-0.3, -0.25) is 4.79 Å². The van der Waals surface area contributed by atoms with Crippen LogP contribution in [0.2, 0.25) is 0 Å². The molecule has 0 aliphatic heterocycles. The Morgan fingerprint density at radius 3 is 2.07 bits per heavy atom. The van der Waals surface area contributed by atoms with Crippen LogP contribution in [0.1, 0.15) is 47.4 Å². The number of aryl methyl sites for hydroxylation is 1. The first-order valence-electron chi connectivity index (χ1n) is 10.2. The van der Waals surface area contributed by atoms with Crippen molar-refractivity contribution >= 4 is 11.7 Å². The Morgan fingerprint density at radius 1 is 0.900 bits per heavy atom. The fourth-order valence-corrected chi connectivity index (χ4v) is 3.75. The summed E-state index contributed by atoms with van der Waals surface area (Å²) in [6.45, 7) is 4.21. The number of benzene rings is 3. The molecule has 0 aromatic heterocycles. The second-order valence-corrected chi connectivity index (χ2v) is 7.30. The molecule has 0 heterocycles. The van der Waals surface area contributed by atoms with Crippen LogP contribution in [-0.4, -0.2) is 18.3 Å². The second kappa shape index (κ2) is 10.4. The van der Waals surface area contributed by atoms with Gasteiger partial charge < -0.3 is 10.6 Å². The van der Waals surface area contributed by atoms with E-state index in [9.17, 15) is 4.79 Å². The molecule has 0 saturated carbocycles. The van der Waals surface area contributed by atoms with Crippen LogP contribution in [0.5, 0.6) is 0 Å². The van der Waals surface area contributed by atoms with Crippen LogP contribution in [0.3, 0.4) is 0 Å². The van der Waals surface area contributed by atoms with Crippen molar-refractivity contribution in [2.45, 2.75) is 32.1 Å². The number of rotatable bonds is 8. The number of hydrogen-bond donors (Lipinski definition) is 1. The molecule has 0 aliphatic carbocycles. The first-order chi connectivity index (χ1) is 14.6. The van der Waals surface area contributed by atoms with Gasteiger partial charge in [0.1, 0.15) is 0 Å². The first kappa shape index (κ1) is 21.3. The van der Waals surface area contributed by atoms with Crippen LogP contribution in [0.15, 0.2) is 90.0 Å². The van der Waals surface area contributed by atoms with Crippen molar-refractivity contribution in [2.24, 2.45) is 10.9 Å². The molecule has 3 aromatic carbocycles. The fourth-order valence-electron chi connectivity index (χ4n) is 3.75. The quantitative estimate of drug-likeness (QED) is 0.245. The Hall–Kier alpha value is -3.40. The number of hydrogen-bond acceptors (Lipinski definition) is 4. The van der Waals surface area contributed by atoms with E-state index in [1.54, 1.807) is 0 Å². The molecular formula is C26H28N2O2. The van der Waals surface area contributed by atoms with Gasteiger partial charge in [-0.15, -0.1) is 0 Å². The van der Waals surface area contributed by atoms with E-state index >= 15 is 0 Å². The van der Waals surface area contributed by atoms with Gasteiger partial charge in [-0.05, 0) is 30.5 Å². The normalized spacial score (nSPS) is 13.5. The SMILES string of the molecule is CCOC(=O)C(c1ccccc1)C(C/C(=N/N)c1ccccc1)c1ccc(C)cc1. The highest BCUT2D eigenvalue weighted by Gasteiger charge is 2.33. The molecule has 2 atom stereocenters. The lowest BCUT2D eigenvalue weighted by molar-refractivity contribution is -0.145. The molecule has 0 bridgehead atoms. The minimum absolute atomic E-state index is 0.172. The van der Waals surface area contributed by atoms with E-state index < -0.39 is 5.92 Å². The first-order valence-corrected chi connectivity index (χ1v) is 10.2. The predicted octanol–water partition coefficient (Wildman–Crippen LogP) is 5.18. The number of nitrogens with two attached hydrogens (primary N) is 1. The maximum Gasteiger partial charge on any atom is 0.314 e. The van der Waals surface area contributed by atoms with E-state index in [-0.39, 0.29) is 11.9 Å². The van der Waals surface area contributed by atoms with Gasteiger partial charge in [0.2, 0.25) is 0 Å². The monoisotopic (exact) mass is 400 g/mol. The highest BCUT2D eigenvalue weighted by atomic mass is 16.5. The van der Waals surface area contributed by atoms with Crippen LogP contribution in [0.25, 0.3) is 0 Å². The lowest BCUT2D eigenvalue weighted by Crippen LogP contribution is -2.25. The minimum atomic E-state index is -0.464. The van der Waals surface area contributed by atoms with Gasteiger partial charge in [0, 0.05) is 12.3 Å². The largest absolute Gasteiger partial charge is 0.466 e. The summed E-state index contributed by atoms with van der Waals surface area (Å²) < 4.78 is 5.50. The van der Waals surface area contributed by atoms with Crippen molar-refractivity contribution in [3.63, 3.8) is 0 Å². The summed E-state index contributed by atoms with van der Waals surface area (Å²) in [6.07, 6.45) is 0.516. The van der Waals surface area contributed by atoms with Crippen LogP contribution in [0, 0.1) is 6.92 Å². The second-order valence-electron chi connectivity index (χ2n) is 7.30. The van der Waals surface area contributed by atoms with Gasteiger partial charge in [0.25, 0.3) is 0 Å². The Balaban J connectivity index is 2.08. The topological polar surface area (TPSA) is 64.7 Å². The minimum Gasteiger partial charge on any atom is -0.466 e. The summed E-state index contributed by atoms with van der Waals surface area (Å²) in [6, 6.07) is 27.9. The predicted molar refractivity (Wildman–Crippen MR) is 122 cm³/mol. The Labute approximate surface area is 178 Å². The molecule has 0 spiro atoms. The molecule has 0 amide bonds. The van der Waals surface area contributed by atoms with Crippen LogP contribution >= 0.6 is 0 Å². The molecule has 0 saturated heterocycles. The summed E-state index contributed by atoms with van der Waals surface area (Å²) in [4.78, 5) is 13.1. The molecule has 2 unspecified atom stereocenters. The summed E-state index contributed by atoms with van der Waals surface area (Å²) in [5.41, 5.74) is 4.85. The van der Waals surface area contributed by atoms with E-state index in [0.29, 0.717) is 13.0 Å². The zero-order valence-corrected chi connectivity index (χ0v) is 17.5. The highest BCUT2D eigenvalue weighted by molar-refractivity contribution is 6.01. The third-order valence-corrected chi connectivity index (χ3v) is 5.28. The summed E-state index contributed by atoms with van der Waals surface area (Å²) >= 11 is 0. The van der Waals surface area contributed by atoms with Crippen molar-refractivity contribution in [3.8, 4) is 0 Å². The maximum absolute atomic E-state index is 13.1. The number of esters is 1. The zero-order valence-electron chi connectivity index (χ0n) is 17.5. The fraction of sp³-hybridized carbons (Fsp3) is 0.231. The number of carbonyl (C=O) groups is 1. The molecule has 154 valence electrons. The average molecular weight is 401 g/mol. The van der Waals surface area contributed by atoms with Crippen LogP contribution in [-0.2, 0) is 9.53 Å². The Morgan fingerprint density at radius 2 is 1.50 bits per heavy atom. The van der Waals surface area contributed by atoms with Crippen molar-refractivity contribution in [2.75, 3.05) is 6.61 Å². The van der Waals surface area contributed by atoms with Gasteiger partial charge in [-0.2, -0.15) is 5.10 Å². The molecule has 0 radical (unpaired) electrons. The zero-order chi connectivity index (χ0) is 21.3. The molecule has 4 heteroatoms. The molecular weight excluding hydrogens is 372 g/mol. The summed E-state index contributed by atoms with van der Waals surface area (Å²) in [7, 11) is 0. The Bertz CT molecular complexity index is 967. The maximum atomic E-state index is 13.1. The number of carbonyl (C=O) groups excluding carboxylic acids is 1. The third kappa shape index (κ3) is 5.15. The lowest BCUT2D eigenvalue weighted by atomic mass is 9.77. The van der Waals surface area contributed by atoms with Crippen LogP contribution in [0.4, 0.5) is 0 Å². The van der Waals surface area contributed by atoms with Gasteiger partial charge in [0.15, 0.2) is 0 Å². The summed E-state index contributed by atoms with van der Waals surface area (Å²) in [5, 5.41) is 4.09. The lowest BCUT2D eigenvalue weighted by Gasteiger charge is -2.27. The Kier molecular flexibility index (Phi) is 7.39. The molecule has 30 heavy (non-hydrogen) atoms. The van der Waals surface area contributed by atoms with E-state index in [2.05, 4.69) is 36.3 Å². The van der Waals surface area contributed by atoms with Gasteiger partial charge in [0.05, 0.1) is 18.2 Å². The summed E-state index contributed by atoms with van der Waals surface area (Å²) in [5.74, 6) is 4.93. The molecule has 3 rings (SSSR count). The van der Waals surface area contributed by atoms with E-state index in [1.165, 1.54) is 5.56 Å². The van der Waals surface area contributed by atoms with Crippen molar-refractivity contribution in [3.05, 3.63) is 107 Å². The molecule has 4 nitrogen and oxygen atoms in total. The van der Waals surface area contributed by atoms with Crippen molar-refractivity contribution < 1.29 is 9.53 Å². The number of nitrogens with zero attached hydrogens (tertiary/aromatic N) is 1. The number of ether oxygens (including phenoxy) is 1. The smallest absolute Gasteiger partial charge is 0.314 e. The van der Waals surface area contributed by atoms with Gasteiger partial charge in [-0.1, -0.05) is 90.5 Å².